The molecule has 0 spiro atoms. The van der Waals surface area contributed by atoms with E-state index in [9.17, 15) is 13.6 Å². The molecule has 1 heterocycles. The number of benzene rings is 1. The average Bonchev–Trinajstić information content (AvgIpc) is 2.74. The molecule has 0 unspecified atom stereocenters. The molecular weight excluding hydrogens is 268 g/mol. The fourth-order valence-corrected chi connectivity index (χ4v) is 1.79. The van der Waals surface area contributed by atoms with Gasteiger partial charge in [0.25, 0.3) is 0 Å². The Balaban J connectivity index is 2.68. The van der Waals surface area contributed by atoms with Crippen molar-refractivity contribution in [2.75, 3.05) is 0 Å². The van der Waals surface area contributed by atoms with Crippen LogP contribution in [0.4, 0.5) is 8.78 Å². The van der Waals surface area contributed by atoms with Gasteiger partial charge in [-0.1, -0.05) is 13.8 Å². The van der Waals surface area contributed by atoms with E-state index in [2.05, 4.69) is 10.1 Å². The van der Waals surface area contributed by atoms with Crippen LogP contribution >= 0.6 is 0 Å². The summed E-state index contributed by atoms with van der Waals surface area (Å²) in [6.45, 7) is 3.75. The van der Waals surface area contributed by atoms with Crippen LogP contribution in [0.2, 0.25) is 0 Å². The summed E-state index contributed by atoms with van der Waals surface area (Å²) in [5.74, 6) is -2.97. The first-order chi connectivity index (χ1) is 9.31. The third-order valence-electron chi connectivity index (χ3n) is 2.83. The molecule has 1 aromatic carbocycles. The number of halogens is 2. The number of rotatable bonds is 3. The van der Waals surface area contributed by atoms with E-state index in [-0.39, 0.29) is 22.9 Å². The monoisotopic (exact) mass is 281 g/mol. The normalized spacial score (nSPS) is 11.1. The van der Waals surface area contributed by atoms with Gasteiger partial charge >= 0.3 is 5.97 Å². The Kier molecular flexibility index (Phi) is 3.52. The van der Waals surface area contributed by atoms with Crippen LogP contribution in [0, 0.1) is 11.6 Å². The molecule has 0 saturated heterocycles. The van der Waals surface area contributed by atoms with Gasteiger partial charge in [0.15, 0.2) is 23.3 Å². The molecule has 0 fully saturated rings. The Morgan fingerprint density at radius 3 is 2.40 bits per heavy atom. The van der Waals surface area contributed by atoms with Gasteiger partial charge in [0.1, 0.15) is 0 Å². The fraction of sp³-hybridized carbons (Fsp3) is 0.308. The third-order valence-corrected chi connectivity index (χ3v) is 2.83. The number of hydrogen-bond acceptors (Lipinski definition) is 3. The number of carboxylic acids is 1. The Bertz CT molecular complexity index is 680. The smallest absolute Gasteiger partial charge is 0.336 e. The topological polar surface area (TPSA) is 68.0 Å². The van der Waals surface area contributed by atoms with E-state index in [0.29, 0.717) is 11.9 Å². The first-order valence-corrected chi connectivity index (χ1v) is 5.95. The van der Waals surface area contributed by atoms with Gasteiger partial charge in [-0.2, -0.15) is 5.10 Å². The molecular formula is C13H13F2N3O2. The Morgan fingerprint density at radius 1 is 1.30 bits per heavy atom. The van der Waals surface area contributed by atoms with Gasteiger partial charge in [0.2, 0.25) is 0 Å². The minimum atomic E-state index is -1.35. The van der Waals surface area contributed by atoms with Crippen LogP contribution < -0.4 is 0 Å². The Morgan fingerprint density at radius 2 is 1.90 bits per heavy atom. The second-order valence-electron chi connectivity index (χ2n) is 4.69. The average molecular weight is 281 g/mol. The van der Waals surface area contributed by atoms with E-state index in [1.807, 2.05) is 13.8 Å². The zero-order valence-electron chi connectivity index (χ0n) is 11.2. The lowest BCUT2D eigenvalue weighted by Gasteiger charge is -2.06. The summed E-state index contributed by atoms with van der Waals surface area (Å²) < 4.78 is 27.9. The van der Waals surface area contributed by atoms with E-state index in [1.54, 1.807) is 7.05 Å². The lowest BCUT2D eigenvalue weighted by Crippen LogP contribution is -2.05. The number of hydrogen-bond donors (Lipinski definition) is 1. The molecule has 2 aromatic rings. The maximum atomic E-state index is 13.4. The van der Waals surface area contributed by atoms with Crippen LogP contribution in [-0.4, -0.2) is 25.8 Å². The Labute approximate surface area is 113 Å². The van der Waals surface area contributed by atoms with Gasteiger partial charge < -0.3 is 5.11 Å². The molecule has 0 aliphatic carbocycles. The van der Waals surface area contributed by atoms with Crippen molar-refractivity contribution in [3.63, 3.8) is 0 Å². The number of aromatic nitrogens is 3. The largest absolute Gasteiger partial charge is 0.478 e. The van der Waals surface area contributed by atoms with Crippen LogP contribution in [0.1, 0.15) is 35.9 Å². The van der Waals surface area contributed by atoms with Crippen LogP contribution in [0.15, 0.2) is 12.1 Å². The quantitative estimate of drug-likeness (QED) is 0.939. The number of carboxylic acid groups (broad SMARTS) is 1. The van der Waals surface area contributed by atoms with Crippen molar-refractivity contribution >= 4 is 5.97 Å². The molecule has 0 amide bonds. The van der Waals surface area contributed by atoms with Gasteiger partial charge in [-0.05, 0) is 12.1 Å². The highest BCUT2D eigenvalue weighted by Gasteiger charge is 2.21. The molecule has 2 rings (SSSR count). The Hall–Kier alpha value is -2.31. The van der Waals surface area contributed by atoms with Gasteiger partial charge in [-0.15, -0.1) is 0 Å². The summed E-state index contributed by atoms with van der Waals surface area (Å²) in [5, 5.41) is 13.2. The molecule has 0 atom stereocenters. The van der Waals surface area contributed by atoms with E-state index < -0.39 is 17.6 Å². The molecule has 0 radical (unpaired) electrons. The number of aromatic carboxylic acids is 1. The van der Waals surface area contributed by atoms with Crippen LogP contribution in [0.3, 0.4) is 0 Å². The second-order valence-corrected chi connectivity index (χ2v) is 4.69. The number of aryl methyl sites for hydroxylation is 1. The number of nitrogens with zero attached hydrogens (tertiary/aromatic N) is 3. The van der Waals surface area contributed by atoms with Gasteiger partial charge in [0.05, 0.1) is 5.56 Å². The van der Waals surface area contributed by atoms with Crippen molar-refractivity contribution in [1.29, 1.82) is 0 Å². The molecule has 106 valence electrons. The molecule has 1 aromatic heterocycles. The predicted octanol–water partition coefficient (Wildman–Crippen LogP) is 2.58. The van der Waals surface area contributed by atoms with Gasteiger partial charge in [-0.25, -0.2) is 23.2 Å². The highest BCUT2D eigenvalue weighted by Crippen LogP contribution is 2.26. The lowest BCUT2D eigenvalue weighted by molar-refractivity contribution is 0.0697. The van der Waals surface area contributed by atoms with Crippen LogP contribution in [0.5, 0.6) is 0 Å². The highest BCUT2D eigenvalue weighted by atomic mass is 19.2. The van der Waals surface area contributed by atoms with E-state index in [1.165, 1.54) is 4.68 Å². The summed E-state index contributed by atoms with van der Waals surface area (Å²) in [6, 6.07) is 1.48. The van der Waals surface area contributed by atoms with Crippen molar-refractivity contribution in [2.24, 2.45) is 7.05 Å². The first kappa shape index (κ1) is 14.1. The summed E-state index contributed by atoms with van der Waals surface area (Å²) in [7, 11) is 1.57. The highest BCUT2D eigenvalue weighted by molar-refractivity contribution is 5.95. The van der Waals surface area contributed by atoms with Crippen molar-refractivity contribution in [2.45, 2.75) is 19.8 Å². The standard InChI is InChI=1S/C13H13F2N3O2/c1-6(2)11-16-12(18(3)17-11)7-4-9(14)10(15)5-8(7)13(19)20/h4-6H,1-3H3,(H,19,20). The second kappa shape index (κ2) is 4.99. The van der Waals surface area contributed by atoms with Crippen molar-refractivity contribution in [3.05, 3.63) is 35.2 Å². The SMILES string of the molecule is CC(C)c1nc(-c2cc(F)c(F)cc2C(=O)O)n(C)n1. The van der Waals surface area contributed by atoms with E-state index >= 15 is 0 Å². The molecule has 1 N–H and O–H groups in total. The summed E-state index contributed by atoms with van der Waals surface area (Å²) in [6.07, 6.45) is 0. The summed E-state index contributed by atoms with van der Waals surface area (Å²) >= 11 is 0. The molecule has 5 nitrogen and oxygen atoms in total. The summed E-state index contributed by atoms with van der Waals surface area (Å²) in [5.41, 5.74) is -0.354. The van der Waals surface area contributed by atoms with E-state index in [0.717, 1.165) is 6.07 Å². The molecule has 20 heavy (non-hydrogen) atoms. The van der Waals surface area contributed by atoms with Crippen LogP contribution in [-0.2, 0) is 7.05 Å². The molecule has 0 aliphatic rings. The molecule has 7 heteroatoms. The molecule has 0 saturated carbocycles. The first-order valence-electron chi connectivity index (χ1n) is 5.95. The lowest BCUT2D eigenvalue weighted by atomic mass is 10.1. The third kappa shape index (κ3) is 2.38. The van der Waals surface area contributed by atoms with Crippen molar-refractivity contribution < 1.29 is 18.7 Å². The number of carbonyl (C=O) groups is 1. The van der Waals surface area contributed by atoms with E-state index in [4.69, 9.17) is 5.11 Å². The van der Waals surface area contributed by atoms with Crippen molar-refractivity contribution in [3.8, 4) is 11.4 Å². The van der Waals surface area contributed by atoms with Gasteiger partial charge in [-0.3, -0.25) is 0 Å². The maximum Gasteiger partial charge on any atom is 0.336 e. The molecule has 0 bridgehead atoms. The fourth-order valence-electron chi connectivity index (χ4n) is 1.79. The van der Waals surface area contributed by atoms with Crippen LogP contribution in [0.25, 0.3) is 11.4 Å². The zero-order chi connectivity index (χ0) is 15.0. The maximum absolute atomic E-state index is 13.4. The minimum Gasteiger partial charge on any atom is -0.478 e. The zero-order valence-corrected chi connectivity index (χ0v) is 11.2. The van der Waals surface area contributed by atoms with Gasteiger partial charge in [0, 0.05) is 18.5 Å². The van der Waals surface area contributed by atoms with Crippen molar-refractivity contribution in [1.82, 2.24) is 14.8 Å². The minimum absolute atomic E-state index is 0.00157. The predicted molar refractivity (Wildman–Crippen MR) is 67.4 cm³/mol. The summed E-state index contributed by atoms with van der Waals surface area (Å²) in [4.78, 5) is 15.4. The molecule has 0 aliphatic heterocycles.